The first-order valence-electron chi connectivity index (χ1n) is 5.81. The van der Waals surface area contributed by atoms with Gasteiger partial charge in [0.05, 0.1) is 25.7 Å². The van der Waals surface area contributed by atoms with Crippen molar-refractivity contribution in [3.63, 3.8) is 0 Å². The summed E-state index contributed by atoms with van der Waals surface area (Å²) in [5.41, 5.74) is 0.409. The Bertz CT molecular complexity index is 508. The fraction of sp³-hybridized carbons (Fsp3) is 0.385. The number of benzene rings is 1. The second kappa shape index (κ2) is 5.17. The van der Waals surface area contributed by atoms with E-state index >= 15 is 0 Å². The Kier molecular flexibility index (Phi) is 3.59. The van der Waals surface area contributed by atoms with Gasteiger partial charge in [0.25, 0.3) is 5.91 Å². The molecule has 0 aromatic heterocycles. The van der Waals surface area contributed by atoms with Gasteiger partial charge in [-0.25, -0.2) is 0 Å². The van der Waals surface area contributed by atoms with Gasteiger partial charge in [-0.15, -0.1) is 0 Å². The summed E-state index contributed by atoms with van der Waals surface area (Å²) >= 11 is 0. The molecular formula is C13H15NO5. The van der Waals surface area contributed by atoms with Gasteiger partial charge in [0, 0.05) is 19.2 Å². The molecule has 0 bridgehead atoms. The van der Waals surface area contributed by atoms with Crippen molar-refractivity contribution in [2.45, 2.75) is 0 Å². The van der Waals surface area contributed by atoms with Gasteiger partial charge in [-0.3, -0.25) is 9.59 Å². The SMILES string of the molecule is COc1ccc(C(=O)N2CC(C(=O)O)C2)c(OC)c1. The van der Waals surface area contributed by atoms with Gasteiger partial charge < -0.3 is 19.5 Å². The van der Waals surface area contributed by atoms with E-state index < -0.39 is 11.9 Å². The zero-order chi connectivity index (χ0) is 14.0. The lowest BCUT2D eigenvalue weighted by molar-refractivity contribution is -0.146. The number of methoxy groups -OCH3 is 2. The van der Waals surface area contributed by atoms with E-state index in [9.17, 15) is 9.59 Å². The van der Waals surface area contributed by atoms with Crippen LogP contribution in [0.25, 0.3) is 0 Å². The smallest absolute Gasteiger partial charge is 0.310 e. The van der Waals surface area contributed by atoms with Gasteiger partial charge in [-0.1, -0.05) is 0 Å². The first-order chi connectivity index (χ1) is 9.06. The standard InChI is InChI=1S/C13H15NO5/c1-18-9-3-4-10(11(5-9)19-2)12(15)14-6-8(7-14)13(16)17/h3-5,8H,6-7H2,1-2H3,(H,16,17). The predicted octanol–water partition coefficient (Wildman–Crippen LogP) is 0.860. The molecule has 1 saturated heterocycles. The van der Waals surface area contributed by atoms with Crippen LogP contribution in [0.15, 0.2) is 18.2 Å². The highest BCUT2D eigenvalue weighted by Crippen LogP contribution is 2.28. The lowest BCUT2D eigenvalue weighted by atomic mass is 9.99. The minimum Gasteiger partial charge on any atom is -0.497 e. The Labute approximate surface area is 110 Å². The molecule has 1 heterocycles. The van der Waals surface area contributed by atoms with Crippen molar-refractivity contribution < 1.29 is 24.2 Å². The number of rotatable bonds is 4. The van der Waals surface area contributed by atoms with Crippen LogP contribution in [0.2, 0.25) is 0 Å². The average molecular weight is 265 g/mol. The van der Waals surface area contributed by atoms with Crippen molar-refractivity contribution in [3.8, 4) is 11.5 Å². The Morgan fingerprint density at radius 1 is 1.26 bits per heavy atom. The van der Waals surface area contributed by atoms with Crippen molar-refractivity contribution in [1.29, 1.82) is 0 Å². The molecule has 0 unspecified atom stereocenters. The summed E-state index contributed by atoms with van der Waals surface area (Å²) in [6.45, 7) is 0.479. The fourth-order valence-corrected chi connectivity index (χ4v) is 1.95. The summed E-state index contributed by atoms with van der Waals surface area (Å²) < 4.78 is 10.2. The molecular weight excluding hydrogens is 250 g/mol. The van der Waals surface area contributed by atoms with E-state index in [1.54, 1.807) is 18.2 Å². The number of ether oxygens (including phenoxy) is 2. The number of hydrogen-bond acceptors (Lipinski definition) is 4. The zero-order valence-corrected chi connectivity index (χ0v) is 10.8. The van der Waals surface area contributed by atoms with Crippen molar-refractivity contribution in [3.05, 3.63) is 23.8 Å². The molecule has 1 aliphatic rings. The van der Waals surface area contributed by atoms with Crippen LogP contribution in [0, 0.1) is 5.92 Å². The average Bonchev–Trinajstić information content (AvgIpc) is 2.35. The number of nitrogens with zero attached hydrogens (tertiary/aromatic N) is 1. The van der Waals surface area contributed by atoms with E-state index in [-0.39, 0.29) is 19.0 Å². The van der Waals surface area contributed by atoms with Crippen molar-refractivity contribution in [2.24, 2.45) is 5.92 Å². The zero-order valence-electron chi connectivity index (χ0n) is 10.8. The Morgan fingerprint density at radius 3 is 2.47 bits per heavy atom. The molecule has 102 valence electrons. The summed E-state index contributed by atoms with van der Waals surface area (Å²) in [4.78, 5) is 24.4. The molecule has 0 aliphatic carbocycles. The van der Waals surface area contributed by atoms with E-state index in [1.807, 2.05) is 0 Å². The lowest BCUT2D eigenvalue weighted by Crippen LogP contribution is -2.53. The molecule has 2 rings (SSSR count). The lowest BCUT2D eigenvalue weighted by Gasteiger charge is -2.36. The molecule has 0 atom stereocenters. The van der Waals surface area contributed by atoms with E-state index in [0.717, 1.165) is 0 Å². The van der Waals surface area contributed by atoms with Gasteiger partial charge in [0.2, 0.25) is 0 Å². The molecule has 6 heteroatoms. The Morgan fingerprint density at radius 2 is 1.95 bits per heavy atom. The largest absolute Gasteiger partial charge is 0.497 e. The molecule has 1 aromatic rings. The maximum absolute atomic E-state index is 12.2. The number of carboxylic acid groups (broad SMARTS) is 1. The van der Waals surface area contributed by atoms with Crippen molar-refractivity contribution in [2.75, 3.05) is 27.3 Å². The summed E-state index contributed by atoms with van der Waals surface area (Å²) in [5.74, 6) is -0.542. The molecule has 0 radical (unpaired) electrons. The van der Waals surface area contributed by atoms with Gasteiger partial charge in [0.15, 0.2) is 0 Å². The second-order valence-electron chi connectivity index (χ2n) is 4.31. The van der Waals surface area contributed by atoms with Crippen LogP contribution < -0.4 is 9.47 Å². The molecule has 0 spiro atoms. The minimum absolute atomic E-state index is 0.225. The normalized spacial score (nSPS) is 14.7. The third-order valence-electron chi connectivity index (χ3n) is 3.16. The summed E-state index contributed by atoms with van der Waals surface area (Å²) in [6.07, 6.45) is 0. The van der Waals surface area contributed by atoms with Crippen LogP contribution in [0.1, 0.15) is 10.4 Å². The Hall–Kier alpha value is -2.24. The first kappa shape index (κ1) is 13.2. The number of carbonyl (C=O) groups excluding carboxylic acids is 1. The third-order valence-corrected chi connectivity index (χ3v) is 3.16. The molecule has 1 fully saturated rings. The maximum atomic E-state index is 12.2. The predicted molar refractivity (Wildman–Crippen MR) is 66.6 cm³/mol. The number of amides is 1. The molecule has 1 N–H and O–H groups in total. The molecule has 6 nitrogen and oxygen atoms in total. The highest BCUT2D eigenvalue weighted by atomic mass is 16.5. The van der Waals surface area contributed by atoms with Crippen molar-refractivity contribution >= 4 is 11.9 Å². The van der Waals surface area contributed by atoms with Crippen LogP contribution in [0.5, 0.6) is 11.5 Å². The molecule has 0 saturated carbocycles. The fourth-order valence-electron chi connectivity index (χ4n) is 1.95. The number of aliphatic carboxylic acids is 1. The maximum Gasteiger partial charge on any atom is 0.310 e. The number of hydrogen-bond donors (Lipinski definition) is 1. The van der Waals surface area contributed by atoms with E-state index in [0.29, 0.717) is 17.1 Å². The summed E-state index contributed by atoms with van der Waals surface area (Å²) in [6, 6.07) is 4.92. The number of carboxylic acids is 1. The van der Waals surface area contributed by atoms with Gasteiger partial charge in [-0.2, -0.15) is 0 Å². The minimum atomic E-state index is -0.870. The molecule has 1 aliphatic heterocycles. The third kappa shape index (κ3) is 2.47. The summed E-state index contributed by atoms with van der Waals surface area (Å²) in [7, 11) is 3.00. The monoisotopic (exact) mass is 265 g/mol. The molecule has 19 heavy (non-hydrogen) atoms. The second-order valence-corrected chi connectivity index (χ2v) is 4.31. The van der Waals surface area contributed by atoms with Crippen LogP contribution in [-0.4, -0.2) is 49.2 Å². The quantitative estimate of drug-likeness (QED) is 0.873. The van der Waals surface area contributed by atoms with Gasteiger partial charge >= 0.3 is 5.97 Å². The van der Waals surface area contributed by atoms with E-state index in [2.05, 4.69) is 0 Å². The Balaban J connectivity index is 2.14. The van der Waals surface area contributed by atoms with Gasteiger partial charge in [0.1, 0.15) is 11.5 Å². The molecule has 1 amide bonds. The summed E-state index contributed by atoms with van der Waals surface area (Å²) in [5, 5.41) is 8.79. The van der Waals surface area contributed by atoms with Crippen molar-refractivity contribution in [1.82, 2.24) is 4.90 Å². The van der Waals surface area contributed by atoms with Crippen LogP contribution in [0.4, 0.5) is 0 Å². The van der Waals surface area contributed by atoms with Crippen LogP contribution in [0.3, 0.4) is 0 Å². The first-order valence-corrected chi connectivity index (χ1v) is 5.81. The number of carbonyl (C=O) groups is 2. The highest BCUT2D eigenvalue weighted by Gasteiger charge is 2.36. The van der Waals surface area contributed by atoms with Crippen LogP contribution >= 0.6 is 0 Å². The van der Waals surface area contributed by atoms with E-state index in [4.69, 9.17) is 14.6 Å². The van der Waals surface area contributed by atoms with E-state index in [1.165, 1.54) is 19.1 Å². The van der Waals surface area contributed by atoms with Gasteiger partial charge in [-0.05, 0) is 12.1 Å². The molecule has 1 aromatic carbocycles. The topological polar surface area (TPSA) is 76.1 Å². The van der Waals surface area contributed by atoms with Crippen LogP contribution in [-0.2, 0) is 4.79 Å². The number of likely N-dealkylation sites (tertiary alicyclic amines) is 1. The highest BCUT2D eigenvalue weighted by molar-refractivity contribution is 5.98.